The van der Waals surface area contributed by atoms with Crippen LogP contribution in [0, 0.1) is 12.7 Å². The van der Waals surface area contributed by atoms with E-state index >= 15 is 0 Å². The van der Waals surface area contributed by atoms with E-state index in [0.717, 1.165) is 12.1 Å². The van der Waals surface area contributed by atoms with Crippen LogP contribution in [0.25, 0.3) is 0 Å². The van der Waals surface area contributed by atoms with Crippen molar-refractivity contribution in [1.29, 1.82) is 0 Å². The summed E-state index contributed by atoms with van der Waals surface area (Å²) in [7, 11) is 0. The Hall–Kier alpha value is -2.44. The molecular weight excluding hydrogens is 243 g/mol. The Morgan fingerprint density at radius 2 is 2.22 bits per heavy atom. The maximum Gasteiger partial charge on any atom is 0.335 e. The Kier molecular flexibility index (Phi) is 3.22. The third kappa shape index (κ3) is 2.62. The third-order valence-corrected chi connectivity index (χ3v) is 2.24. The largest absolute Gasteiger partial charge is 0.487 e. The first-order valence-electron chi connectivity index (χ1n) is 5.01. The number of benzene rings is 1. The smallest absolute Gasteiger partial charge is 0.335 e. The molecule has 0 saturated heterocycles. The molecule has 1 aromatic heterocycles. The number of carbonyl (C=O) groups is 1. The number of rotatable bonds is 4. The minimum Gasteiger partial charge on any atom is -0.487 e. The molecule has 0 bridgehead atoms. The molecule has 0 aliphatic carbocycles. The number of hydrogen-bond acceptors (Lipinski definition) is 5. The first-order chi connectivity index (χ1) is 8.56. The molecule has 0 fully saturated rings. The maximum absolute atomic E-state index is 13.1. The summed E-state index contributed by atoms with van der Waals surface area (Å²) in [6.45, 7) is 1.71. The van der Waals surface area contributed by atoms with Gasteiger partial charge in [0.2, 0.25) is 0 Å². The van der Waals surface area contributed by atoms with Gasteiger partial charge in [-0.05, 0) is 19.1 Å². The van der Waals surface area contributed by atoms with Crippen molar-refractivity contribution in [3.8, 4) is 5.75 Å². The van der Waals surface area contributed by atoms with E-state index in [2.05, 4.69) is 14.9 Å². The fourth-order valence-electron chi connectivity index (χ4n) is 1.30. The summed E-state index contributed by atoms with van der Waals surface area (Å²) >= 11 is 0. The van der Waals surface area contributed by atoms with E-state index < -0.39 is 11.8 Å². The quantitative estimate of drug-likeness (QED) is 0.892. The number of aromatic nitrogens is 2. The van der Waals surface area contributed by atoms with Gasteiger partial charge in [0.15, 0.2) is 0 Å². The van der Waals surface area contributed by atoms with Crippen LogP contribution in [0.1, 0.15) is 21.7 Å². The zero-order chi connectivity index (χ0) is 13.1. The fourth-order valence-corrected chi connectivity index (χ4v) is 1.30. The highest BCUT2D eigenvalue weighted by Crippen LogP contribution is 2.18. The molecule has 2 aromatic rings. The third-order valence-electron chi connectivity index (χ3n) is 2.24. The van der Waals surface area contributed by atoms with Gasteiger partial charge in [0, 0.05) is 6.07 Å². The van der Waals surface area contributed by atoms with E-state index in [9.17, 15) is 9.18 Å². The van der Waals surface area contributed by atoms with Crippen LogP contribution in [-0.2, 0) is 6.61 Å². The van der Waals surface area contributed by atoms with Gasteiger partial charge in [0.25, 0.3) is 0 Å². The van der Waals surface area contributed by atoms with E-state index in [1.165, 1.54) is 6.07 Å². The van der Waals surface area contributed by atoms with E-state index in [4.69, 9.17) is 9.84 Å². The molecule has 18 heavy (non-hydrogen) atoms. The van der Waals surface area contributed by atoms with Crippen LogP contribution in [0.3, 0.4) is 0 Å². The molecule has 0 atom stereocenters. The Balaban J connectivity index is 2.14. The van der Waals surface area contributed by atoms with E-state index in [0.29, 0.717) is 11.4 Å². The Morgan fingerprint density at radius 1 is 1.44 bits per heavy atom. The van der Waals surface area contributed by atoms with Crippen LogP contribution < -0.4 is 4.74 Å². The van der Waals surface area contributed by atoms with Crippen LogP contribution in [0.2, 0.25) is 0 Å². The average Bonchev–Trinajstić information content (AvgIpc) is 2.71. The van der Waals surface area contributed by atoms with Gasteiger partial charge in [-0.1, -0.05) is 10.3 Å². The minimum absolute atomic E-state index is 0.0256. The number of aryl methyl sites for hydroxylation is 1. The second-order valence-electron chi connectivity index (χ2n) is 3.57. The zero-order valence-corrected chi connectivity index (χ0v) is 9.38. The second-order valence-corrected chi connectivity index (χ2v) is 3.57. The summed E-state index contributed by atoms with van der Waals surface area (Å²) in [6.07, 6.45) is 0. The van der Waals surface area contributed by atoms with E-state index in [-0.39, 0.29) is 17.9 Å². The molecule has 6 nitrogen and oxygen atoms in total. The Labute approximate surface area is 101 Å². The number of carboxylic acid groups (broad SMARTS) is 1. The van der Waals surface area contributed by atoms with Crippen molar-refractivity contribution < 1.29 is 23.7 Å². The number of aromatic carboxylic acids is 1. The topological polar surface area (TPSA) is 85.5 Å². The molecule has 1 N–H and O–H groups in total. The number of ether oxygens (including phenoxy) is 1. The Morgan fingerprint density at radius 3 is 2.83 bits per heavy atom. The summed E-state index contributed by atoms with van der Waals surface area (Å²) in [5.41, 5.74) is 0.848. The van der Waals surface area contributed by atoms with Crippen molar-refractivity contribution in [3.63, 3.8) is 0 Å². The first kappa shape index (κ1) is 12.0. The number of hydrogen-bond donors (Lipinski definition) is 1. The lowest BCUT2D eigenvalue weighted by Crippen LogP contribution is -2.01. The van der Waals surface area contributed by atoms with Gasteiger partial charge in [-0.15, -0.1) is 0 Å². The second kappa shape index (κ2) is 4.82. The highest BCUT2D eigenvalue weighted by molar-refractivity contribution is 5.88. The van der Waals surface area contributed by atoms with Gasteiger partial charge in [-0.25, -0.2) is 13.8 Å². The monoisotopic (exact) mass is 252 g/mol. The zero-order valence-electron chi connectivity index (χ0n) is 9.38. The van der Waals surface area contributed by atoms with Gasteiger partial charge in [0.05, 0.1) is 5.56 Å². The van der Waals surface area contributed by atoms with Crippen molar-refractivity contribution in [2.45, 2.75) is 13.5 Å². The highest BCUT2D eigenvalue weighted by atomic mass is 19.1. The Bertz CT molecular complexity index is 582. The van der Waals surface area contributed by atoms with Gasteiger partial charge in [-0.2, -0.15) is 0 Å². The SMILES string of the molecule is Cc1nonc1COc1cc(F)cc(C(=O)O)c1. The summed E-state index contributed by atoms with van der Waals surface area (Å²) in [5, 5.41) is 15.9. The van der Waals surface area contributed by atoms with Gasteiger partial charge < -0.3 is 9.84 Å². The molecule has 0 aliphatic heterocycles. The van der Waals surface area contributed by atoms with Crippen LogP contribution in [0.4, 0.5) is 4.39 Å². The van der Waals surface area contributed by atoms with Gasteiger partial charge in [-0.3, -0.25) is 0 Å². The standard InChI is InChI=1S/C11H9FN2O4/c1-6-10(14-18-13-6)5-17-9-3-7(11(15)16)2-8(12)4-9/h2-4H,5H2,1H3,(H,15,16). The number of halogens is 1. The summed E-state index contributed by atoms with van der Waals surface area (Å²) < 4.78 is 22.9. The summed E-state index contributed by atoms with van der Waals surface area (Å²) in [6, 6.07) is 3.24. The predicted octanol–water partition coefficient (Wildman–Crippen LogP) is 1.79. The average molecular weight is 252 g/mol. The van der Waals surface area contributed by atoms with Crippen LogP contribution >= 0.6 is 0 Å². The van der Waals surface area contributed by atoms with E-state index in [1.54, 1.807) is 6.92 Å². The van der Waals surface area contributed by atoms with Crippen LogP contribution in [-0.4, -0.2) is 21.4 Å². The van der Waals surface area contributed by atoms with Crippen molar-refractivity contribution in [1.82, 2.24) is 10.3 Å². The molecule has 0 aliphatic rings. The number of carboxylic acids is 1. The fraction of sp³-hybridized carbons (Fsp3) is 0.182. The molecule has 0 unspecified atom stereocenters. The van der Waals surface area contributed by atoms with Gasteiger partial charge >= 0.3 is 5.97 Å². The van der Waals surface area contributed by atoms with Crippen molar-refractivity contribution in [3.05, 3.63) is 41.0 Å². The number of nitrogens with zero attached hydrogens (tertiary/aromatic N) is 2. The lowest BCUT2D eigenvalue weighted by molar-refractivity contribution is 0.0695. The van der Waals surface area contributed by atoms with Crippen LogP contribution in [0.5, 0.6) is 5.75 Å². The van der Waals surface area contributed by atoms with E-state index in [1.807, 2.05) is 0 Å². The molecule has 7 heteroatoms. The molecule has 94 valence electrons. The summed E-state index contributed by atoms with van der Waals surface area (Å²) in [5.74, 6) is -1.80. The lowest BCUT2D eigenvalue weighted by atomic mass is 10.2. The first-order valence-corrected chi connectivity index (χ1v) is 5.01. The molecule has 1 heterocycles. The molecule has 0 spiro atoms. The van der Waals surface area contributed by atoms with Crippen molar-refractivity contribution in [2.75, 3.05) is 0 Å². The van der Waals surface area contributed by atoms with Gasteiger partial charge in [0.1, 0.15) is 29.6 Å². The maximum atomic E-state index is 13.1. The highest BCUT2D eigenvalue weighted by Gasteiger charge is 2.10. The summed E-state index contributed by atoms with van der Waals surface area (Å²) in [4.78, 5) is 10.7. The molecule has 0 radical (unpaired) electrons. The van der Waals surface area contributed by atoms with Crippen molar-refractivity contribution >= 4 is 5.97 Å². The van der Waals surface area contributed by atoms with Crippen molar-refractivity contribution in [2.24, 2.45) is 0 Å². The molecule has 0 saturated carbocycles. The molecular formula is C11H9FN2O4. The normalized spacial score (nSPS) is 10.3. The predicted molar refractivity (Wildman–Crippen MR) is 56.7 cm³/mol. The minimum atomic E-state index is -1.22. The lowest BCUT2D eigenvalue weighted by Gasteiger charge is -2.05. The molecule has 0 amide bonds. The van der Waals surface area contributed by atoms with Crippen LogP contribution in [0.15, 0.2) is 22.8 Å². The molecule has 1 aromatic carbocycles. The molecule has 2 rings (SSSR count).